The highest BCUT2D eigenvalue weighted by Gasteiger charge is 2.30. The number of aryl methyl sites for hydroxylation is 1. The first-order valence-corrected chi connectivity index (χ1v) is 6.20. The van der Waals surface area contributed by atoms with Crippen molar-refractivity contribution in [3.63, 3.8) is 0 Å². The standard InChI is InChI=1S/C15H15N3O3/c1-8-17-11-4-2-3-10(16)14(11)15(21)18(8)12-6-5-9(19)7-13(12)20/h2-4,12H,5-7,16H2,1H3/i1D2,5D2,6D. The molecule has 2 N–H and O–H groups in total. The van der Waals surface area contributed by atoms with Crippen molar-refractivity contribution in [2.24, 2.45) is 0 Å². The van der Waals surface area contributed by atoms with E-state index < -0.39 is 55.1 Å². The molecule has 1 aromatic heterocycles. The van der Waals surface area contributed by atoms with Crippen molar-refractivity contribution < 1.29 is 16.4 Å². The van der Waals surface area contributed by atoms with Gasteiger partial charge in [-0.2, -0.15) is 0 Å². The number of anilines is 1. The van der Waals surface area contributed by atoms with Gasteiger partial charge in [0, 0.05) is 18.9 Å². The Morgan fingerprint density at radius 3 is 3.00 bits per heavy atom. The number of carbonyl (C=O) groups excluding carboxylic acids is 2. The third-order valence-electron chi connectivity index (χ3n) is 3.33. The molecule has 0 bridgehead atoms. The van der Waals surface area contributed by atoms with E-state index in [4.69, 9.17) is 12.6 Å². The van der Waals surface area contributed by atoms with Gasteiger partial charge in [0.15, 0.2) is 5.78 Å². The number of aromatic nitrogens is 2. The highest BCUT2D eigenvalue weighted by Crippen LogP contribution is 2.24. The minimum Gasteiger partial charge on any atom is -0.398 e. The molecule has 3 rings (SSSR count). The van der Waals surface area contributed by atoms with Crippen molar-refractivity contribution in [1.82, 2.24) is 9.55 Å². The molecule has 108 valence electrons. The van der Waals surface area contributed by atoms with Crippen molar-refractivity contribution in [2.75, 3.05) is 5.73 Å². The lowest BCUT2D eigenvalue weighted by Crippen LogP contribution is -2.36. The third kappa shape index (κ3) is 2.12. The Kier molecular flexibility index (Phi) is 1.99. The molecule has 0 radical (unpaired) electrons. The van der Waals surface area contributed by atoms with E-state index in [9.17, 15) is 14.4 Å². The van der Waals surface area contributed by atoms with Crippen molar-refractivity contribution >= 4 is 28.2 Å². The zero-order chi connectivity index (χ0) is 19.4. The van der Waals surface area contributed by atoms with Gasteiger partial charge in [-0.1, -0.05) is 6.07 Å². The van der Waals surface area contributed by atoms with Gasteiger partial charge in [-0.3, -0.25) is 19.0 Å². The lowest BCUT2D eigenvalue weighted by molar-refractivity contribution is -0.132. The van der Waals surface area contributed by atoms with Crippen LogP contribution in [0.5, 0.6) is 0 Å². The Bertz CT molecular complexity index is 988. The molecule has 0 saturated heterocycles. The van der Waals surface area contributed by atoms with Gasteiger partial charge in [-0.25, -0.2) is 4.98 Å². The molecule has 0 aliphatic heterocycles. The van der Waals surface area contributed by atoms with Crippen LogP contribution in [0.25, 0.3) is 10.9 Å². The molecule has 21 heavy (non-hydrogen) atoms. The molecule has 2 atom stereocenters. The van der Waals surface area contributed by atoms with Crippen LogP contribution < -0.4 is 11.3 Å². The van der Waals surface area contributed by atoms with E-state index in [-0.39, 0.29) is 16.6 Å². The summed E-state index contributed by atoms with van der Waals surface area (Å²) in [7, 11) is 0. The Hall–Kier alpha value is -2.50. The minimum absolute atomic E-state index is 0.0469. The van der Waals surface area contributed by atoms with Crippen LogP contribution in [0.1, 0.15) is 37.9 Å². The molecule has 0 amide bonds. The summed E-state index contributed by atoms with van der Waals surface area (Å²) < 4.78 is 39.6. The number of nitrogens with two attached hydrogens (primary N) is 1. The minimum atomic E-state index is -2.65. The van der Waals surface area contributed by atoms with Crippen molar-refractivity contribution in [2.45, 2.75) is 32.1 Å². The molecule has 2 unspecified atom stereocenters. The quantitative estimate of drug-likeness (QED) is 0.628. The summed E-state index contributed by atoms with van der Waals surface area (Å²) in [6.07, 6.45) is -5.33. The fraction of sp³-hybridized carbons (Fsp3) is 0.333. The van der Waals surface area contributed by atoms with Crippen molar-refractivity contribution in [1.29, 1.82) is 0 Å². The number of nitrogens with zero attached hydrogens (tertiary/aromatic N) is 2. The van der Waals surface area contributed by atoms with Crippen LogP contribution in [-0.2, 0) is 9.59 Å². The second-order valence-electron chi connectivity index (χ2n) is 4.71. The number of benzene rings is 1. The summed E-state index contributed by atoms with van der Waals surface area (Å²) in [5.41, 5.74) is 5.18. The molecule has 1 heterocycles. The van der Waals surface area contributed by atoms with Gasteiger partial charge in [-0.05, 0) is 25.4 Å². The average molecular weight is 290 g/mol. The van der Waals surface area contributed by atoms with E-state index in [0.717, 1.165) is 0 Å². The summed E-state index contributed by atoms with van der Waals surface area (Å²) in [6, 6.07) is 2.78. The number of hydrogen-bond acceptors (Lipinski definition) is 5. The molecule has 2 aromatic rings. The van der Waals surface area contributed by atoms with Crippen LogP contribution >= 0.6 is 0 Å². The zero-order valence-electron chi connectivity index (χ0n) is 15.9. The molecule has 1 fully saturated rings. The summed E-state index contributed by atoms with van der Waals surface area (Å²) in [5, 5.41) is -0.0469. The highest BCUT2D eigenvalue weighted by atomic mass is 16.2. The Labute approximate surface area is 127 Å². The number of ketones is 2. The largest absolute Gasteiger partial charge is 0.398 e. The van der Waals surface area contributed by atoms with Gasteiger partial charge in [0.25, 0.3) is 5.56 Å². The maximum absolute atomic E-state index is 13.0. The van der Waals surface area contributed by atoms with E-state index in [0.29, 0.717) is 4.57 Å². The highest BCUT2D eigenvalue weighted by molar-refractivity contribution is 6.03. The third-order valence-corrected chi connectivity index (χ3v) is 3.33. The van der Waals surface area contributed by atoms with Crippen LogP contribution in [0.2, 0.25) is 0 Å². The maximum atomic E-state index is 13.0. The Morgan fingerprint density at radius 1 is 1.43 bits per heavy atom. The number of nitrogen functional groups attached to an aromatic ring is 1. The summed E-state index contributed by atoms with van der Waals surface area (Å²) in [6.45, 7) is -1.77. The monoisotopic (exact) mass is 290 g/mol. The molecule has 0 spiro atoms. The number of Topliss-reactive ketones (excluding diaryl/α,β-unsaturated/α-hetero) is 2. The molecule has 1 aliphatic rings. The van der Waals surface area contributed by atoms with E-state index in [2.05, 4.69) is 4.98 Å². The SMILES string of the molecule is [2H]C([2H])c1nc2cccc(N)c2c(=O)n1C1C(=O)CC(=O)C([2H])([2H])C1[2H]. The molecule has 1 aromatic carbocycles. The lowest BCUT2D eigenvalue weighted by atomic mass is 9.92. The molecule has 6 nitrogen and oxygen atoms in total. The topological polar surface area (TPSA) is 95.0 Å². The number of rotatable bonds is 1. The first-order valence-electron chi connectivity index (χ1n) is 8.94. The number of fused-ring (bicyclic) bond motifs is 1. The van der Waals surface area contributed by atoms with Crippen LogP contribution in [0.4, 0.5) is 5.69 Å². The summed E-state index contributed by atoms with van der Waals surface area (Å²) in [4.78, 5) is 41.2. The fourth-order valence-corrected chi connectivity index (χ4v) is 2.35. The summed E-state index contributed by atoms with van der Waals surface area (Å²) >= 11 is 0. The maximum Gasteiger partial charge on any atom is 0.264 e. The second-order valence-corrected chi connectivity index (χ2v) is 4.71. The first-order chi connectivity index (χ1) is 12.1. The average Bonchev–Trinajstić information content (AvgIpc) is 2.55. The fourth-order valence-electron chi connectivity index (χ4n) is 2.35. The lowest BCUT2D eigenvalue weighted by Gasteiger charge is -2.24. The van der Waals surface area contributed by atoms with E-state index in [1.807, 2.05) is 0 Å². The predicted octanol–water partition coefficient (Wildman–Crippen LogP) is 1.15. The van der Waals surface area contributed by atoms with E-state index in [1.165, 1.54) is 18.2 Å². The van der Waals surface area contributed by atoms with Gasteiger partial charge < -0.3 is 5.73 Å². The van der Waals surface area contributed by atoms with Crippen LogP contribution in [-0.4, -0.2) is 21.1 Å². The van der Waals surface area contributed by atoms with E-state index >= 15 is 0 Å². The van der Waals surface area contributed by atoms with E-state index in [1.54, 1.807) is 0 Å². The second kappa shape index (κ2) is 4.80. The first kappa shape index (κ1) is 8.71. The van der Waals surface area contributed by atoms with Gasteiger partial charge in [0.05, 0.1) is 23.4 Å². The smallest absolute Gasteiger partial charge is 0.264 e. The van der Waals surface area contributed by atoms with Crippen molar-refractivity contribution in [3.8, 4) is 0 Å². The number of carbonyl (C=O) groups is 2. The molecule has 6 heteroatoms. The van der Waals surface area contributed by atoms with Crippen LogP contribution in [0.3, 0.4) is 0 Å². The normalized spacial score (nSPS) is 28.7. The Morgan fingerprint density at radius 2 is 2.24 bits per heavy atom. The molecular weight excluding hydrogens is 270 g/mol. The van der Waals surface area contributed by atoms with Gasteiger partial charge in [0.2, 0.25) is 0 Å². The van der Waals surface area contributed by atoms with Gasteiger partial charge in [0.1, 0.15) is 11.6 Å². The van der Waals surface area contributed by atoms with Crippen LogP contribution in [0, 0.1) is 6.88 Å². The Balaban J connectivity index is 2.36. The molecule has 1 saturated carbocycles. The summed E-state index contributed by atoms with van der Waals surface area (Å²) in [5.74, 6) is -2.27. The predicted molar refractivity (Wildman–Crippen MR) is 78.1 cm³/mol. The van der Waals surface area contributed by atoms with Crippen molar-refractivity contribution in [3.05, 3.63) is 34.4 Å². The number of hydrogen-bond donors (Lipinski definition) is 1. The van der Waals surface area contributed by atoms with Gasteiger partial charge in [-0.15, -0.1) is 0 Å². The molecular formula is C15H15N3O3. The molecule has 1 aliphatic carbocycles. The van der Waals surface area contributed by atoms with Gasteiger partial charge >= 0.3 is 0 Å². The van der Waals surface area contributed by atoms with Crippen LogP contribution in [0.15, 0.2) is 23.0 Å². The zero-order valence-corrected chi connectivity index (χ0v) is 10.9.